The summed E-state index contributed by atoms with van der Waals surface area (Å²) < 4.78 is 18.0. The lowest BCUT2D eigenvalue weighted by Gasteiger charge is -2.13. The molecule has 0 aliphatic heterocycles. The van der Waals surface area contributed by atoms with E-state index in [2.05, 4.69) is 5.32 Å². The Morgan fingerprint density at radius 2 is 2.26 bits per heavy atom. The Balaban J connectivity index is 2.35. The number of aryl methyl sites for hydroxylation is 1. The molecule has 1 aromatic carbocycles. The van der Waals surface area contributed by atoms with Crippen LogP contribution in [-0.2, 0) is 16.0 Å². The van der Waals surface area contributed by atoms with Crippen molar-refractivity contribution in [2.24, 2.45) is 5.73 Å². The van der Waals surface area contributed by atoms with Crippen LogP contribution >= 0.6 is 0 Å². The van der Waals surface area contributed by atoms with Gasteiger partial charge < -0.3 is 15.8 Å². The Hall–Kier alpha value is -1.46. The third kappa shape index (κ3) is 5.36. The van der Waals surface area contributed by atoms with Crippen molar-refractivity contribution < 1.29 is 13.9 Å². The predicted octanol–water partition coefficient (Wildman–Crippen LogP) is 1.16. The monoisotopic (exact) mass is 268 g/mol. The van der Waals surface area contributed by atoms with Gasteiger partial charge in [0.05, 0.1) is 12.5 Å². The number of ether oxygens (including phenoxy) is 1. The van der Waals surface area contributed by atoms with Crippen molar-refractivity contribution in [3.8, 4) is 0 Å². The Bertz CT molecular complexity index is 420. The van der Waals surface area contributed by atoms with E-state index < -0.39 is 0 Å². The Morgan fingerprint density at radius 1 is 1.53 bits per heavy atom. The van der Waals surface area contributed by atoms with Crippen molar-refractivity contribution in [3.05, 3.63) is 35.1 Å². The molecule has 0 heterocycles. The fourth-order valence-corrected chi connectivity index (χ4v) is 1.82. The number of hydrogen-bond donors (Lipinski definition) is 2. The lowest BCUT2D eigenvalue weighted by molar-refractivity contribution is -0.123. The zero-order chi connectivity index (χ0) is 14.3. The highest BCUT2D eigenvalue weighted by Crippen LogP contribution is 2.10. The van der Waals surface area contributed by atoms with Gasteiger partial charge in [-0.25, -0.2) is 4.39 Å². The second-order valence-corrected chi connectivity index (χ2v) is 4.47. The van der Waals surface area contributed by atoms with Gasteiger partial charge in [-0.05, 0) is 36.6 Å². The number of carbonyl (C=O) groups excluding carboxylic acids is 1. The molecule has 0 saturated heterocycles. The van der Waals surface area contributed by atoms with Gasteiger partial charge in [0.15, 0.2) is 0 Å². The van der Waals surface area contributed by atoms with Gasteiger partial charge in [-0.3, -0.25) is 4.79 Å². The average molecular weight is 268 g/mol. The molecule has 4 nitrogen and oxygen atoms in total. The summed E-state index contributed by atoms with van der Waals surface area (Å²) in [5.74, 6) is -0.326. The highest BCUT2D eigenvalue weighted by atomic mass is 19.1. The summed E-state index contributed by atoms with van der Waals surface area (Å²) in [5, 5.41) is 2.80. The van der Waals surface area contributed by atoms with Gasteiger partial charge in [0, 0.05) is 20.2 Å². The molecule has 0 bridgehead atoms. The quantitative estimate of drug-likeness (QED) is 0.780. The summed E-state index contributed by atoms with van der Waals surface area (Å²) >= 11 is 0. The minimum Gasteiger partial charge on any atom is -0.380 e. The number of rotatable bonds is 7. The standard InChI is InChI=1S/C14H21FN2O2/c1-10-7-12(15)4-3-11(10)5-6-17-14(18)8-13(9-16)19-2/h3-4,7,13H,5-6,8-9,16H2,1-2H3,(H,17,18). The number of benzene rings is 1. The maximum Gasteiger partial charge on any atom is 0.222 e. The van der Waals surface area contributed by atoms with Crippen LogP contribution in [-0.4, -0.2) is 32.2 Å². The van der Waals surface area contributed by atoms with Gasteiger partial charge in [0.1, 0.15) is 5.82 Å². The summed E-state index contributed by atoms with van der Waals surface area (Å²) in [6.45, 7) is 2.70. The molecule has 5 heteroatoms. The molecule has 0 aromatic heterocycles. The predicted molar refractivity (Wildman–Crippen MR) is 72.3 cm³/mol. The van der Waals surface area contributed by atoms with Gasteiger partial charge in [0.25, 0.3) is 0 Å². The molecule has 0 spiro atoms. The van der Waals surface area contributed by atoms with Crippen LogP contribution in [0.3, 0.4) is 0 Å². The third-order valence-electron chi connectivity index (χ3n) is 3.03. The highest BCUT2D eigenvalue weighted by Gasteiger charge is 2.10. The molecule has 0 fully saturated rings. The summed E-state index contributed by atoms with van der Waals surface area (Å²) in [7, 11) is 1.53. The smallest absolute Gasteiger partial charge is 0.222 e. The van der Waals surface area contributed by atoms with E-state index >= 15 is 0 Å². The summed E-state index contributed by atoms with van der Waals surface area (Å²) in [6, 6.07) is 4.67. The van der Waals surface area contributed by atoms with Gasteiger partial charge in [-0.2, -0.15) is 0 Å². The van der Waals surface area contributed by atoms with Crippen LogP contribution in [0, 0.1) is 12.7 Å². The average Bonchev–Trinajstić information content (AvgIpc) is 2.38. The first kappa shape index (κ1) is 15.6. The molecule has 0 saturated carbocycles. The summed E-state index contributed by atoms with van der Waals surface area (Å²) in [4.78, 5) is 11.6. The minimum atomic E-state index is -0.243. The molecular formula is C14H21FN2O2. The highest BCUT2D eigenvalue weighted by molar-refractivity contribution is 5.76. The molecule has 1 atom stereocenters. The van der Waals surface area contributed by atoms with Gasteiger partial charge in [-0.1, -0.05) is 6.07 Å². The van der Waals surface area contributed by atoms with Crippen LogP contribution in [0.4, 0.5) is 4.39 Å². The first-order chi connectivity index (χ1) is 9.06. The molecule has 106 valence electrons. The first-order valence-electron chi connectivity index (χ1n) is 6.31. The first-order valence-corrected chi connectivity index (χ1v) is 6.31. The number of methoxy groups -OCH3 is 1. The second kappa shape index (κ2) is 7.86. The van der Waals surface area contributed by atoms with Crippen LogP contribution in [0.2, 0.25) is 0 Å². The van der Waals surface area contributed by atoms with Crippen LogP contribution in [0.15, 0.2) is 18.2 Å². The Labute approximate surface area is 113 Å². The van der Waals surface area contributed by atoms with Gasteiger partial charge in [-0.15, -0.1) is 0 Å². The van der Waals surface area contributed by atoms with Crippen molar-refractivity contribution in [3.63, 3.8) is 0 Å². The minimum absolute atomic E-state index is 0.0861. The number of nitrogens with one attached hydrogen (secondary N) is 1. The van der Waals surface area contributed by atoms with E-state index in [1.807, 2.05) is 6.92 Å². The van der Waals surface area contributed by atoms with E-state index in [1.54, 1.807) is 6.07 Å². The van der Waals surface area contributed by atoms with Crippen molar-refractivity contribution in [2.45, 2.75) is 25.9 Å². The van der Waals surface area contributed by atoms with E-state index in [9.17, 15) is 9.18 Å². The van der Waals surface area contributed by atoms with Crippen molar-refractivity contribution in [2.75, 3.05) is 20.2 Å². The van der Waals surface area contributed by atoms with Crippen LogP contribution < -0.4 is 11.1 Å². The molecule has 0 aliphatic carbocycles. The van der Waals surface area contributed by atoms with Gasteiger partial charge >= 0.3 is 0 Å². The molecule has 19 heavy (non-hydrogen) atoms. The normalized spacial score (nSPS) is 12.2. The van der Waals surface area contributed by atoms with E-state index in [1.165, 1.54) is 19.2 Å². The van der Waals surface area contributed by atoms with Crippen molar-refractivity contribution in [1.29, 1.82) is 0 Å². The summed E-state index contributed by atoms with van der Waals surface area (Å²) in [5.41, 5.74) is 7.37. The Kier molecular flexibility index (Phi) is 6.45. The number of hydrogen-bond acceptors (Lipinski definition) is 3. The van der Waals surface area contributed by atoms with Gasteiger partial charge in [0.2, 0.25) is 5.91 Å². The number of carbonyl (C=O) groups is 1. The fourth-order valence-electron chi connectivity index (χ4n) is 1.82. The lowest BCUT2D eigenvalue weighted by atomic mass is 10.1. The molecule has 1 rings (SSSR count). The molecule has 0 aliphatic rings. The van der Waals surface area contributed by atoms with E-state index in [4.69, 9.17) is 10.5 Å². The van der Waals surface area contributed by atoms with E-state index in [-0.39, 0.29) is 24.2 Å². The second-order valence-electron chi connectivity index (χ2n) is 4.47. The maximum atomic E-state index is 12.9. The Morgan fingerprint density at radius 3 is 2.84 bits per heavy atom. The van der Waals surface area contributed by atoms with E-state index in [0.717, 1.165) is 11.1 Å². The number of nitrogens with two attached hydrogens (primary N) is 1. The molecule has 1 aromatic rings. The topological polar surface area (TPSA) is 64.3 Å². The SMILES string of the molecule is COC(CN)CC(=O)NCCc1ccc(F)cc1C. The largest absolute Gasteiger partial charge is 0.380 e. The molecule has 1 amide bonds. The number of amides is 1. The summed E-state index contributed by atoms with van der Waals surface area (Å²) in [6.07, 6.45) is 0.695. The van der Waals surface area contributed by atoms with Crippen LogP contribution in [0.1, 0.15) is 17.5 Å². The lowest BCUT2D eigenvalue weighted by Crippen LogP contribution is -2.33. The van der Waals surface area contributed by atoms with Crippen LogP contribution in [0.5, 0.6) is 0 Å². The zero-order valence-corrected chi connectivity index (χ0v) is 11.4. The fraction of sp³-hybridized carbons (Fsp3) is 0.500. The van der Waals surface area contributed by atoms with Crippen LogP contribution in [0.25, 0.3) is 0 Å². The molecule has 0 radical (unpaired) electrons. The maximum absolute atomic E-state index is 12.9. The zero-order valence-electron chi connectivity index (χ0n) is 11.4. The van der Waals surface area contributed by atoms with Crippen molar-refractivity contribution >= 4 is 5.91 Å². The third-order valence-corrected chi connectivity index (χ3v) is 3.03. The van der Waals surface area contributed by atoms with Crippen molar-refractivity contribution in [1.82, 2.24) is 5.32 Å². The van der Waals surface area contributed by atoms with E-state index in [0.29, 0.717) is 19.5 Å². The molecule has 1 unspecified atom stereocenters. The molecular weight excluding hydrogens is 247 g/mol. The number of halogens is 1. The molecule has 3 N–H and O–H groups in total.